The Hall–Kier alpha value is -1.27. The number of hydrogen-bond donors (Lipinski definition) is 1. The Kier molecular flexibility index (Phi) is 3.08. The van der Waals surface area contributed by atoms with Crippen molar-refractivity contribution in [3.63, 3.8) is 0 Å². The summed E-state index contributed by atoms with van der Waals surface area (Å²) in [6.45, 7) is 4.60. The van der Waals surface area contributed by atoms with E-state index in [0.717, 1.165) is 16.4 Å². The highest BCUT2D eigenvalue weighted by Crippen LogP contribution is 2.15. The third-order valence-corrected chi connectivity index (χ3v) is 3.10. The maximum absolute atomic E-state index is 4.62. The molecule has 0 aliphatic heterocycles. The van der Waals surface area contributed by atoms with Crippen molar-refractivity contribution in [1.82, 2.24) is 20.6 Å². The fourth-order valence-electron chi connectivity index (χ4n) is 1.20. The molecule has 80 valence electrons. The maximum atomic E-state index is 4.62. The van der Waals surface area contributed by atoms with E-state index in [2.05, 4.69) is 32.2 Å². The summed E-state index contributed by atoms with van der Waals surface area (Å²) in [6.07, 6.45) is 1.81. The highest BCUT2D eigenvalue weighted by molar-refractivity contribution is 7.09. The molecule has 0 saturated carbocycles. The number of nitrogens with zero attached hydrogens (tertiary/aromatic N) is 3. The second kappa shape index (κ2) is 4.50. The lowest BCUT2D eigenvalue weighted by Crippen LogP contribution is -2.18. The van der Waals surface area contributed by atoms with Gasteiger partial charge in [-0.3, -0.25) is 0 Å². The monoisotopic (exact) mass is 224 g/mol. The summed E-state index contributed by atoms with van der Waals surface area (Å²) >= 11 is 1.64. The van der Waals surface area contributed by atoms with Gasteiger partial charge in [0.2, 0.25) is 0 Å². The summed E-state index contributed by atoms with van der Waals surface area (Å²) < 4.78 is 4.62. The molecule has 5 nitrogen and oxygen atoms in total. The minimum absolute atomic E-state index is 0.223. The highest BCUT2D eigenvalue weighted by Gasteiger charge is 2.10. The first-order valence-corrected chi connectivity index (χ1v) is 5.56. The molecule has 2 rings (SSSR count). The van der Waals surface area contributed by atoms with Crippen LogP contribution in [0.3, 0.4) is 0 Å². The second-order valence-corrected chi connectivity index (χ2v) is 4.20. The van der Waals surface area contributed by atoms with Gasteiger partial charge in [-0.1, -0.05) is 10.3 Å². The Labute approximate surface area is 91.5 Å². The van der Waals surface area contributed by atoms with E-state index in [1.54, 1.807) is 17.5 Å². The Bertz CT molecular complexity index is 411. The summed E-state index contributed by atoms with van der Waals surface area (Å²) in [5.41, 5.74) is 1.67. The number of hydrogen-bond acceptors (Lipinski definition) is 6. The van der Waals surface area contributed by atoms with Crippen LogP contribution in [-0.4, -0.2) is 15.3 Å². The van der Waals surface area contributed by atoms with Crippen LogP contribution in [0.25, 0.3) is 0 Å². The van der Waals surface area contributed by atoms with Crippen LogP contribution in [0.4, 0.5) is 0 Å². The average molecular weight is 224 g/mol. The zero-order valence-corrected chi connectivity index (χ0v) is 9.41. The van der Waals surface area contributed by atoms with Gasteiger partial charge in [0.1, 0.15) is 16.4 Å². The molecule has 0 fully saturated rings. The van der Waals surface area contributed by atoms with Gasteiger partial charge in [0, 0.05) is 18.1 Å². The summed E-state index contributed by atoms with van der Waals surface area (Å²) in [5, 5.41) is 13.9. The molecule has 1 unspecified atom stereocenters. The molecule has 0 aromatic carbocycles. The van der Waals surface area contributed by atoms with Gasteiger partial charge >= 0.3 is 0 Å². The minimum Gasteiger partial charge on any atom is -0.302 e. The van der Waals surface area contributed by atoms with Crippen molar-refractivity contribution in [1.29, 1.82) is 0 Å². The van der Waals surface area contributed by atoms with Crippen molar-refractivity contribution >= 4 is 11.3 Å². The lowest BCUT2D eigenvalue weighted by Gasteiger charge is -2.08. The molecular weight excluding hydrogens is 212 g/mol. The number of aryl methyl sites for hydroxylation is 1. The third-order valence-electron chi connectivity index (χ3n) is 2.14. The first-order valence-electron chi connectivity index (χ1n) is 4.68. The van der Waals surface area contributed by atoms with Gasteiger partial charge in [-0.2, -0.15) is 0 Å². The zero-order chi connectivity index (χ0) is 10.7. The van der Waals surface area contributed by atoms with Crippen molar-refractivity contribution in [3.05, 3.63) is 28.0 Å². The van der Waals surface area contributed by atoms with Crippen molar-refractivity contribution < 1.29 is 4.63 Å². The molecule has 0 aliphatic carbocycles. The van der Waals surface area contributed by atoms with Gasteiger partial charge in [-0.05, 0) is 13.8 Å². The van der Waals surface area contributed by atoms with E-state index in [4.69, 9.17) is 0 Å². The average Bonchev–Trinajstić information content (AvgIpc) is 2.85. The largest absolute Gasteiger partial charge is 0.302 e. The molecule has 0 bridgehead atoms. The Balaban J connectivity index is 1.91. The second-order valence-electron chi connectivity index (χ2n) is 3.27. The quantitative estimate of drug-likeness (QED) is 0.856. The van der Waals surface area contributed by atoms with Crippen molar-refractivity contribution in [2.75, 3.05) is 0 Å². The maximum Gasteiger partial charge on any atom is 0.121 e. The number of nitrogens with one attached hydrogen (secondary N) is 1. The van der Waals surface area contributed by atoms with E-state index >= 15 is 0 Å². The fraction of sp³-hybridized carbons (Fsp3) is 0.444. The van der Waals surface area contributed by atoms with Crippen molar-refractivity contribution in [2.45, 2.75) is 26.4 Å². The van der Waals surface area contributed by atoms with Crippen LogP contribution in [0, 0.1) is 6.92 Å². The van der Waals surface area contributed by atoms with E-state index in [-0.39, 0.29) is 6.04 Å². The minimum atomic E-state index is 0.223. The van der Waals surface area contributed by atoms with Gasteiger partial charge in [0.25, 0.3) is 0 Å². The lowest BCUT2D eigenvalue weighted by molar-refractivity contribution is 0.300. The van der Waals surface area contributed by atoms with Crippen LogP contribution in [0.2, 0.25) is 0 Å². The molecule has 0 aliphatic rings. The number of rotatable bonds is 4. The Morgan fingerprint density at radius 2 is 2.40 bits per heavy atom. The fourth-order valence-corrected chi connectivity index (χ4v) is 1.87. The van der Waals surface area contributed by atoms with E-state index in [1.165, 1.54) is 0 Å². The van der Waals surface area contributed by atoms with Gasteiger partial charge in [0.05, 0.1) is 6.04 Å². The number of thiazole rings is 1. The smallest absolute Gasteiger partial charge is 0.121 e. The first-order chi connectivity index (χ1) is 7.27. The summed E-state index contributed by atoms with van der Waals surface area (Å²) in [7, 11) is 0. The van der Waals surface area contributed by atoms with Crippen molar-refractivity contribution in [2.24, 2.45) is 0 Å². The Morgan fingerprint density at radius 3 is 3.00 bits per heavy atom. The molecule has 2 heterocycles. The van der Waals surface area contributed by atoms with Gasteiger partial charge < -0.3 is 5.32 Å². The molecular formula is C9H12N4OS. The lowest BCUT2D eigenvalue weighted by atomic mass is 10.3. The number of aromatic nitrogens is 3. The molecule has 0 radical (unpaired) electrons. The molecule has 1 N–H and O–H groups in total. The van der Waals surface area contributed by atoms with Crippen LogP contribution < -0.4 is 5.32 Å². The normalized spacial score (nSPS) is 12.9. The van der Waals surface area contributed by atoms with E-state index < -0.39 is 0 Å². The van der Waals surface area contributed by atoms with E-state index in [1.807, 2.05) is 12.3 Å². The summed E-state index contributed by atoms with van der Waals surface area (Å²) in [6, 6.07) is 0.223. The van der Waals surface area contributed by atoms with Gasteiger partial charge in [-0.15, -0.1) is 11.3 Å². The Morgan fingerprint density at radius 1 is 1.53 bits per heavy atom. The topological polar surface area (TPSA) is 63.8 Å². The SMILES string of the molecule is Cc1nonc1CNC(C)c1nccs1. The standard InChI is InChI=1S/C9H12N4OS/c1-6-8(13-14-12-6)5-11-7(2)9-10-3-4-15-9/h3-4,7,11H,5H2,1-2H3. The molecule has 6 heteroatoms. The zero-order valence-electron chi connectivity index (χ0n) is 8.60. The van der Waals surface area contributed by atoms with E-state index in [0.29, 0.717) is 6.54 Å². The summed E-state index contributed by atoms with van der Waals surface area (Å²) in [5.74, 6) is 0. The predicted octanol–water partition coefficient (Wildman–Crippen LogP) is 1.69. The third kappa shape index (κ3) is 2.40. The van der Waals surface area contributed by atoms with E-state index in [9.17, 15) is 0 Å². The van der Waals surface area contributed by atoms with Crippen LogP contribution in [0.5, 0.6) is 0 Å². The predicted molar refractivity (Wildman–Crippen MR) is 56.4 cm³/mol. The summed E-state index contributed by atoms with van der Waals surface area (Å²) in [4.78, 5) is 4.24. The molecule has 2 aromatic rings. The molecule has 0 amide bonds. The van der Waals surface area contributed by atoms with Gasteiger partial charge in [-0.25, -0.2) is 9.61 Å². The molecule has 2 aromatic heterocycles. The molecule has 1 atom stereocenters. The van der Waals surface area contributed by atoms with Crippen molar-refractivity contribution in [3.8, 4) is 0 Å². The first kappa shape index (κ1) is 10.3. The van der Waals surface area contributed by atoms with Gasteiger partial charge in [0.15, 0.2) is 0 Å². The van der Waals surface area contributed by atoms with Crippen LogP contribution in [-0.2, 0) is 6.54 Å². The molecule has 0 spiro atoms. The van der Waals surface area contributed by atoms with Crippen LogP contribution >= 0.6 is 11.3 Å². The van der Waals surface area contributed by atoms with Crippen LogP contribution in [0.15, 0.2) is 16.2 Å². The molecule has 15 heavy (non-hydrogen) atoms. The highest BCUT2D eigenvalue weighted by atomic mass is 32.1. The van der Waals surface area contributed by atoms with Crippen LogP contribution in [0.1, 0.15) is 29.4 Å². The molecule has 0 saturated heterocycles.